The van der Waals surface area contributed by atoms with E-state index in [-0.39, 0.29) is 11.4 Å². The number of esters is 1. The average molecular weight is 312 g/mol. The van der Waals surface area contributed by atoms with Crippen LogP contribution in [0.3, 0.4) is 0 Å². The van der Waals surface area contributed by atoms with Gasteiger partial charge in [0, 0.05) is 24.3 Å². The number of pyridine rings is 1. The summed E-state index contributed by atoms with van der Waals surface area (Å²) in [5.41, 5.74) is 1.08. The minimum absolute atomic E-state index is 0.166. The van der Waals surface area contributed by atoms with Gasteiger partial charge in [0.15, 0.2) is 0 Å². The van der Waals surface area contributed by atoms with Gasteiger partial charge in [-0.1, -0.05) is 32.4 Å². The molecule has 4 nitrogen and oxygen atoms in total. The number of rotatable bonds is 3. The van der Waals surface area contributed by atoms with Crippen LogP contribution in [0.1, 0.15) is 49.7 Å². The maximum absolute atomic E-state index is 12.2. The van der Waals surface area contributed by atoms with E-state index in [2.05, 4.69) is 4.98 Å². The molecule has 2 heterocycles. The third-order valence-electron chi connectivity index (χ3n) is 3.59. The van der Waals surface area contributed by atoms with Crippen molar-refractivity contribution in [3.05, 3.63) is 28.5 Å². The van der Waals surface area contributed by atoms with Gasteiger partial charge >= 0.3 is 5.97 Å². The Morgan fingerprint density at radius 2 is 2.05 bits per heavy atom. The van der Waals surface area contributed by atoms with Crippen LogP contribution >= 0.6 is 11.6 Å². The van der Waals surface area contributed by atoms with Crippen LogP contribution in [0.25, 0.3) is 0 Å². The highest BCUT2D eigenvalue weighted by Crippen LogP contribution is 2.24. The molecule has 5 heteroatoms. The van der Waals surface area contributed by atoms with Crippen LogP contribution in [0.5, 0.6) is 0 Å². The minimum Gasteiger partial charge on any atom is -0.462 e. The van der Waals surface area contributed by atoms with Gasteiger partial charge < -0.3 is 9.47 Å². The second kappa shape index (κ2) is 6.75. The van der Waals surface area contributed by atoms with Gasteiger partial charge in [0.1, 0.15) is 5.15 Å². The summed E-state index contributed by atoms with van der Waals surface area (Å²) in [6, 6.07) is 3.32. The molecule has 0 amide bonds. The molecule has 0 N–H and O–H groups in total. The summed E-state index contributed by atoms with van der Waals surface area (Å²) in [6.45, 7) is 8.02. The second-order valence-corrected chi connectivity index (χ2v) is 6.86. The predicted octanol–water partition coefficient (Wildman–Crippen LogP) is 3.62. The van der Waals surface area contributed by atoms with Gasteiger partial charge in [0.2, 0.25) is 0 Å². The van der Waals surface area contributed by atoms with Crippen molar-refractivity contribution in [1.29, 1.82) is 0 Å². The molecule has 0 atom stereocenters. The fourth-order valence-corrected chi connectivity index (χ4v) is 2.40. The van der Waals surface area contributed by atoms with Crippen LogP contribution < -0.4 is 0 Å². The third kappa shape index (κ3) is 4.68. The number of carbonyl (C=O) groups excluding carboxylic acids is 1. The van der Waals surface area contributed by atoms with Crippen LogP contribution in [0, 0.1) is 5.92 Å². The molecular formula is C16H22ClNO3. The Morgan fingerprint density at radius 3 is 2.67 bits per heavy atom. The number of nitrogens with zero attached hydrogens (tertiary/aromatic N) is 1. The fourth-order valence-electron chi connectivity index (χ4n) is 2.19. The number of aromatic nitrogens is 1. The molecule has 2 rings (SSSR count). The number of hydrogen-bond acceptors (Lipinski definition) is 4. The number of halogens is 1. The lowest BCUT2D eigenvalue weighted by Crippen LogP contribution is -2.22. The molecular weight excluding hydrogens is 290 g/mol. The Bertz CT molecular complexity index is 505. The van der Waals surface area contributed by atoms with E-state index in [4.69, 9.17) is 21.1 Å². The maximum Gasteiger partial charge on any atom is 0.338 e. The molecule has 1 aromatic rings. The first kappa shape index (κ1) is 16.2. The normalized spacial score (nSPS) is 16.8. The first-order valence-electron chi connectivity index (χ1n) is 7.29. The lowest BCUT2D eigenvalue weighted by molar-refractivity contribution is 0.0185. The van der Waals surface area contributed by atoms with Gasteiger partial charge in [0.25, 0.3) is 0 Å². The van der Waals surface area contributed by atoms with Crippen LogP contribution in [0.2, 0.25) is 5.15 Å². The summed E-state index contributed by atoms with van der Waals surface area (Å²) in [5.74, 6) is 0.0541. The fraction of sp³-hybridized carbons (Fsp3) is 0.625. The molecule has 0 aliphatic carbocycles. The molecule has 1 aliphatic heterocycles. The van der Waals surface area contributed by atoms with Crippen LogP contribution in [-0.4, -0.2) is 30.8 Å². The highest BCUT2D eigenvalue weighted by Gasteiger charge is 2.21. The van der Waals surface area contributed by atoms with Crippen molar-refractivity contribution in [2.45, 2.75) is 39.0 Å². The average Bonchev–Trinajstić information content (AvgIpc) is 2.44. The lowest BCUT2D eigenvalue weighted by Gasteiger charge is -2.22. The zero-order valence-electron chi connectivity index (χ0n) is 12.8. The highest BCUT2D eigenvalue weighted by molar-refractivity contribution is 6.29. The topological polar surface area (TPSA) is 48.4 Å². The Labute approximate surface area is 130 Å². The molecule has 1 aromatic heterocycles. The van der Waals surface area contributed by atoms with Gasteiger partial charge in [-0.05, 0) is 30.9 Å². The van der Waals surface area contributed by atoms with Crippen molar-refractivity contribution in [1.82, 2.24) is 4.98 Å². The summed E-state index contributed by atoms with van der Waals surface area (Å²) >= 11 is 6.01. The number of carbonyl (C=O) groups is 1. The quantitative estimate of drug-likeness (QED) is 0.632. The van der Waals surface area contributed by atoms with Crippen LogP contribution in [0.15, 0.2) is 12.1 Å². The monoisotopic (exact) mass is 311 g/mol. The van der Waals surface area contributed by atoms with Crippen molar-refractivity contribution in [3.63, 3.8) is 0 Å². The second-order valence-electron chi connectivity index (χ2n) is 6.47. The van der Waals surface area contributed by atoms with E-state index in [1.54, 1.807) is 12.1 Å². The van der Waals surface area contributed by atoms with E-state index in [0.717, 1.165) is 31.7 Å². The summed E-state index contributed by atoms with van der Waals surface area (Å²) in [5, 5.41) is 0.320. The largest absolute Gasteiger partial charge is 0.462 e. The first-order valence-corrected chi connectivity index (χ1v) is 7.67. The Balaban J connectivity index is 2.03. The Kier molecular flexibility index (Phi) is 5.22. The third-order valence-corrected chi connectivity index (χ3v) is 3.78. The zero-order valence-corrected chi connectivity index (χ0v) is 13.6. The van der Waals surface area contributed by atoms with E-state index >= 15 is 0 Å². The molecule has 0 unspecified atom stereocenters. The molecule has 1 aliphatic rings. The first-order chi connectivity index (χ1) is 9.86. The van der Waals surface area contributed by atoms with Gasteiger partial charge in [-0.25, -0.2) is 9.78 Å². The Hall–Kier alpha value is -1.13. The maximum atomic E-state index is 12.2. The standard InChI is InChI=1S/C16H22ClNO3/c1-16(2,3)13-8-12(9-14(17)18-13)15(19)21-10-11-4-6-20-7-5-11/h8-9,11H,4-7,10H2,1-3H3. The summed E-state index contributed by atoms with van der Waals surface area (Å²) in [7, 11) is 0. The van der Waals surface area contributed by atoms with E-state index in [0.29, 0.717) is 23.2 Å². The van der Waals surface area contributed by atoms with Crippen LogP contribution in [-0.2, 0) is 14.9 Å². The smallest absolute Gasteiger partial charge is 0.338 e. The van der Waals surface area contributed by atoms with Crippen molar-refractivity contribution in [3.8, 4) is 0 Å². The molecule has 1 fully saturated rings. The lowest BCUT2D eigenvalue weighted by atomic mass is 9.91. The van der Waals surface area contributed by atoms with Gasteiger partial charge in [-0.15, -0.1) is 0 Å². The molecule has 0 bridgehead atoms. The van der Waals surface area contributed by atoms with Gasteiger partial charge in [-0.2, -0.15) is 0 Å². The Morgan fingerprint density at radius 1 is 1.38 bits per heavy atom. The summed E-state index contributed by atoms with van der Waals surface area (Å²) in [6.07, 6.45) is 1.88. The van der Waals surface area contributed by atoms with E-state index in [9.17, 15) is 4.79 Å². The molecule has 0 spiro atoms. The molecule has 116 valence electrons. The van der Waals surface area contributed by atoms with E-state index in [1.807, 2.05) is 20.8 Å². The minimum atomic E-state index is -0.337. The highest BCUT2D eigenvalue weighted by atomic mass is 35.5. The van der Waals surface area contributed by atoms with Gasteiger partial charge in [0.05, 0.1) is 12.2 Å². The zero-order chi connectivity index (χ0) is 15.5. The molecule has 0 radical (unpaired) electrons. The number of ether oxygens (including phenoxy) is 2. The van der Waals surface area contributed by atoms with E-state index in [1.165, 1.54) is 0 Å². The van der Waals surface area contributed by atoms with Crippen LogP contribution in [0.4, 0.5) is 0 Å². The molecule has 0 saturated carbocycles. The number of hydrogen-bond donors (Lipinski definition) is 0. The van der Waals surface area contributed by atoms with Crippen molar-refractivity contribution in [2.75, 3.05) is 19.8 Å². The molecule has 0 aromatic carbocycles. The molecule has 1 saturated heterocycles. The summed E-state index contributed by atoms with van der Waals surface area (Å²) in [4.78, 5) is 16.5. The van der Waals surface area contributed by atoms with Crippen molar-refractivity contribution < 1.29 is 14.3 Å². The predicted molar refractivity (Wildman–Crippen MR) is 81.8 cm³/mol. The van der Waals surface area contributed by atoms with Crippen molar-refractivity contribution in [2.24, 2.45) is 5.92 Å². The molecule has 21 heavy (non-hydrogen) atoms. The van der Waals surface area contributed by atoms with Crippen molar-refractivity contribution >= 4 is 17.6 Å². The van der Waals surface area contributed by atoms with Gasteiger partial charge in [-0.3, -0.25) is 0 Å². The van der Waals surface area contributed by atoms with E-state index < -0.39 is 0 Å². The SMILES string of the molecule is CC(C)(C)c1cc(C(=O)OCC2CCOCC2)cc(Cl)n1. The summed E-state index contributed by atoms with van der Waals surface area (Å²) < 4.78 is 10.7.